The molecule has 1 heterocycles. The van der Waals surface area contributed by atoms with E-state index in [1.54, 1.807) is 6.21 Å². The van der Waals surface area contributed by atoms with Crippen molar-refractivity contribution in [2.24, 2.45) is 5.10 Å². The smallest absolute Gasteiger partial charge is 0.240 e. The number of ether oxygens (including phenoxy) is 1. The second kappa shape index (κ2) is 11.1. The number of halogens is 1. The van der Waals surface area contributed by atoms with Crippen LogP contribution in [0.1, 0.15) is 48.4 Å². The van der Waals surface area contributed by atoms with E-state index in [1.165, 1.54) is 0 Å². The summed E-state index contributed by atoms with van der Waals surface area (Å²) in [7, 11) is 0. The number of hydrogen-bond donors (Lipinski definition) is 2. The Hall–Kier alpha value is -2.90. The first-order valence-electron chi connectivity index (χ1n) is 10.6. The van der Waals surface area contributed by atoms with Gasteiger partial charge in [0, 0.05) is 33.5 Å². The average Bonchev–Trinajstić information content (AvgIpc) is 3.06. The van der Waals surface area contributed by atoms with Crippen LogP contribution in [0.15, 0.2) is 64.2 Å². The first-order valence-corrected chi connectivity index (χ1v) is 11.4. The zero-order valence-corrected chi connectivity index (χ0v) is 20.1. The number of rotatable bonds is 9. The monoisotopic (exact) mass is 497 g/mol. The summed E-state index contributed by atoms with van der Waals surface area (Å²) in [6, 6.07) is 17.4. The summed E-state index contributed by atoms with van der Waals surface area (Å²) in [5.41, 5.74) is 7.42. The summed E-state index contributed by atoms with van der Waals surface area (Å²) in [5.74, 6) is 0.517. The molecule has 0 aliphatic rings. The molecule has 0 bridgehead atoms. The second-order valence-corrected chi connectivity index (χ2v) is 8.40. The molecule has 0 unspecified atom stereocenters. The maximum atomic E-state index is 12.2. The van der Waals surface area contributed by atoms with Gasteiger partial charge in [0.05, 0.1) is 18.9 Å². The lowest BCUT2D eigenvalue weighted by Gasteiger charge is -2.11. The zero-order chi connectivity index (χ0) is 23.1. The number of aliphatic hydroxyl groups is 1. The Kier molecular flexibility index (Phi) is 8.25. The van der Waals surface area contributed by atoms with E-state index in [1.807, 2.05) is 75.4 Å². The summed E-state index contributed by atoms with van der Waals surface area (Å²) in [4.78, 5) is 12.2. The van der Waals surface area contributed by atoms with Crippen molar-refractivity contribution in [3.05, 3.63) is 81.6 Å². The number of benzene rings is 2. The van der Waals surface area contributed by atoms with Crippen molar-refractivity contribution < 1.29 is 14.6 Å². The van der Waals surface area contributed by atoms with Crippen LogP contribution in [0.25, 0.3) is 5.69 Å². The Labute approximate surface area is 197 Å². The zero-order valence-electron chi connectivity index (χ0n) is 18.5. The van der Waals surface area contributed by atoms with Crippen LogP contribution in [-0.4, -0.2) is 28.4 Å². The molecule has 2 N–H and O–H groups in total. The van der Waals surface area contributed by atoms with Gasteiger partial charge in [-0.05, 0) is 75.2 Å². The molecule has 0 aliphatic heterocycles. The van der Waals surface area contributed by atoms with Crippen LogP contribution < -0.4 is 10.2 Å². The highest BCUT2D eigenvalue weighted by Gasteiger charge is 2.12. The Morgan fingerprint density at radius 1 is 1.19 bits per heavy atom. The third-order valence-corrected chi connectivity index (χ3v) is 5.70. The number of hydrazone groups is 1. The van der Waals surface area contributed by atoms with Gasteiger partial charge in [-0.3, -0.25) is 4.79 Å². The van der Waals surface area contributed by atoms with E-state index in [0.717, 1.165) is 38.4 Å². The number of nitrogens with one attached hydrogen (secondary N) is 1. The van der Waals surface area contributed by atoms with Crippen molar-refractivity contribution in [3.8, 4) is 11.4 Å². The highest BCUT2D eigenvalue weighted by Crippen LogP contribution is 2.22. The maximum Gasteiger partial charge on any atom is 0.240 e. The molecule has 3 aromatic rings. The van der Waals surface area contributed by atoms with Crippen LogP contribution in [0.5, 0.6) is 5.75 Å². The Balaban J connectivity index is 1.54. The Morgan fingerprint density at radius 2 is 1.88 bits per heavy atom. The SMILES string of the molecule is CCOc1ccc([C@@H](O)CCC(=O)N/N=C\c2cc(C)n(-c3ccc(Br)cc3)c2C)cc1. The van der Waals surface area contributed by atoms with Gasteiger partial charge in [-0.2, -0.15) is 5.10 Å². The van der Waals surface area contributed by atoms with Crippen LogP contribution >= 0.6 is 15.9 Å². The summed E-state index contributed by atoms with van der Waals surface area (Å²) in [6.07, 6.45) is 1.42. The molecule has 2 aromatic carbocycles. The second-order valence-electron chi connectivity index (χ2n) is 7.49. The Bertz CT molecular complexity index is 1070. The predicted octanol–water partition coefficient (Wildman–Crippen LogP) is 5.22. The van der Waals surface area contributed by atoms with Gasteiger partial charge in [0.2, 0.25) is 5.91 Å². The molecule has 0 radical (unpaired) electrons. The molecule has 168 valence electrons. The van der Waals surface area contributed by atoms with Crippen molar-refractivity contribution >= 4 is 28.1 Å². The quantitative estimate of drug-likeness (QED) is 0.314. The number of aliphatic hydroxyl groups excluding tert-OH is 1. The van der Waals surface area contributed by atoms with Gasteiger partial charge in [-0.15, -0.1) is 0 Å². The van der Waals surface area contributed by atoms with E-state index in [9.17, 15) is 9.90 Å². The molecule has 1 amide bonds. The highest BCUT2D eigenvalue weighted by atomic mass is 79.9. The van der Waals surface area contributed by atoms with Gasteiger partial charge >= 0.3 is 0 Å². The average molecular weight is 498 g/mol. The number of aromatic nitrogens is 1. The molecular weight excluding hydrogens is 470 g/mol. The topological polar surface area (TPSA) is 75.8 Å². The van der Waals surface area contributed by atoms with Gasteiger partial charge in [-0.25, -0.2) is 5.43 Å². The van der Waals surface area contributed by atoms with Crippen molar-refractivity contribution in [1.29, 1.82) is 0 Å². The van der Waals surface area contributed by atoms with Gasteiger partial charge in [0.15, 0.2) is 0 Å². The van der Waals surface area contributed by atoms with Gasteiger partial charge < -0.3 is 14.4 Å². The summed E-state index contributed by atoms with van der Waals surface area (Å²) < 4.78 is 8.57. The molecule has 1 aromatic heterocycles. The van der Waals surface area contributed by atoms with Gasteiger partial charge in [0.1, 0.15) is 5.75 Å². The van der Waals surface area contributed by atoms with E-state index in [0.29, 0.717) is 13.0 Å². The van der Waals surface area contributed by atoms with E-state index in [4.69, 9.17) is 4.74 Å². The standard InChI is InChI=1S/C25H28BrN3O3/c1-4-32-23-11-5-19(6-12-23)24(30)13-14-25(31)28-27-16-20-15-17(2)29(18(20)3)22-9-7-21(26)8-10-22/h5-12,15-16,24,30H,4,13-14H2,1-3H3,(H,28,31)/b27-16-/t24-/m0/s1. The number of aryl methyl sites for hydroxylation is 1. The fourth-order valence-corrected chi connectivity index (χ4v) is 3.79. The molecular formula is C25H28BrN3O3. The van der Waals surface area contributed by atoms with E-state index >= 15 is 0 Å². The van der Waals surface area contributed by atoms with Gasteiger partial charge in [-0.1, -0.05) is 28.1 Å². The molecule has 0 saturated carbocycles. The minimum atomic E-state index is -0.717. The highest BCUT2D eigenvalue weighted by molar-refractivity contribution is 9.10. The van der Waals surface area contributed by atoms with Crippen molar-refractivity contribution in [2.75, 3.05) is 6.61 Å². The summed E-state index contributed by atoms with van der Waals surface area (Å²) in [5, 5.41) is 14.4. The third-order valence-electron chi connectivity index (χ3n) is 5.17. The molecule has 0 saturated heterocycles. The molecule has 0 aliphatic carbocycles. The number of amides is 1. The number of carbonyl (C=O) groups excluding carboxylic acids is 1. The first-order chi connectivity index (χ1) is 15.4. The van der Waals surface area contributed by atoms with Crippen molar-refractivity contribution in [3.63, 3.8) is 0 Å². The predicted molar refractivity (Wildman–Crippen MR) is 130 cm³/mol. The fourth-order valence-electron chi connectivity index (χ4n) is 3.52. The van der Waals surface area contributed by atoms with Crippen molar-refractivity contribution in [2.45, 2.75) is 39.7 Å². The fraction of sp³-hybridized carbons (Fsp3) is 0.280. The molecule has 7 heteroatoms. The lowest BCUT2D eigenvalue weighted by molar-refractivity contribution is -0.121. The molecule has 0 spiro atoms. The lowest BCUT2D eigenvalue weighted by atomic mass is 10.0. The van der Waals surface area contributed by atoms with Gasteiger partial charge in [0.25, 0.3) is 0 Å². The lowest BCUT2D eigenvalue weighted by Crippen LogP contribution is -2.18. The van der Waals surface area contributed by atoms with E-state index < -0.39 is 6.10 Å². The Morgan fingerprint density at radius 3 is 2.53 bits per heavy atom. The molecule has 0 fully saturated rings. The first kappa shape index (κ1) is 23.8. The number of nitrogens with zero attached hydrogens (tertiary/aromatic N) is 2. The summed E-state index contributed by atoms with van der Waals surface area (Å²) in [6.45, 7) is 6.57. The summed E-state index contributed by atoms with van der Waals surface area (Å²) >= 11 is 3.46. The molecule has 32 heavy (non-hydrogen) atoms. The van der Waals surface area contributed by atoms with Crippen LogP contribution in [0.2, 0.25) is 0 Å². The van der Waals surface area contributed by atoms with E-state index in [2.05, 4.69) is 31.0 Å². The molecule has 1 atom stereocenters. The molecule has 6 nitrogen and oxygen atoms in total. The minimum Gasteiger partial charge on any atom is -0.494 e. The van der Waals surface area contributed by atoms with Crippen LogP contribution in [0.4, 0.5) is 0 Å². The van der Waals surface area contributed by atoms with Crippen LogP contribution in [0.3, 0.4) is 0 Å². The third kappa shape index (κ3) is 6.08. The van der Waals surface area contributed by atoms with Crippen LogP contribution in [0, 0.1) is 13.8 Å². The minimum absolute atomic E-state index is 0.170. The van der Waals surface area contributed by atoms with Crippen LogP contribution in [-0.2, 0) is 4.79 Å². The molecule has 3 rings (SSSR count). The number of carbonyl (C=O) groups is 1. The van der Waals surface area contributed by atoms with Crippen molar-refractivity contribution in [1.82, 2.24) is 9.99 Å². The normalized spacial score (nSPS) is 12.2. The largest absolute Gasteiger partial charge is 0.494 e. The maximum absolute atomic E-state index is 12.2. The van der Waals surface area contributed by atoms with E-state index in [-0.39, 0.29) is 12.3 Å². The number of hydrogen-bond acceptors (Lipinski definition) is 4.